The van der Waals surface area contributed by atoms with E-state index in [0.29, 0.717) is 26.1 Å². The molecule has 102 valence electrons. The van der Waals surface area contributed by atoms with E-state index in [9.17, 15) is 9.59 Å². The first-order valence-corrected chi connectivity index (χ1v) is 6.48. The molecule has 1 saturated carbocycles. The molecule has 0 unspecified atom stereocenters. The summed E-state index contributed by atoms with van der Waals surface area (Å²) in [6, 6.07) is -0.129. The number of carbonyl (C=O) groups is 2. The molecule has 0 radical (unpaired) electrons. The van der Waals surface area contributed by atoms with E-state index in [1.165, 1.54) is 0 Å². The third-order valence-corrected chi connectivity index (χ3v) is 3.91. The zero-order chi connectivity index (χ0) is 13.0. The Morgan fingerprint density at radius 2 is 1.94 bits per heavy atom. The number of carboxylic acid groups (broad SMARTS) is 1. The Morgan fingerprint density at radius 1 is 1.28 bits per heavy atom. The van der Waals surface area contributed by atoms with Gasteiger partial charge in [0.2, 0.25) is 0 Å². The second-order valence-electron chi connectivity index (χ2n) is 5.15. The summed E-state index contributed by atoms with van der Waals surface area (Å²) in [4.78, 5) is 22.8. The van der Waals surface area contributed by atoms with Gasteiger partial charge in [0.25, 0.3) is 0 Å². The van der Waals surface area contributed by atoms with Crippen molar-refractivity contribution in [2.75, 3.05) is 19.8 Å². The Balaban J connectivity index is 1.72. The third-order valence-electron chi connectivity index (χ3n) is 3.91. The number of amides is 2. The summed E-state index contributed by atoms with van der Waals surface area (Å²) >= 11 is 0. The second-order valence-corrected chi connectivity index (χ2v) is 5.15. The summed E-state index contributed by atoms with van der Waals surface area (Å²) in [6.45, 7) is 1.56. The van der Waals surface area contributed by atoms with Gasteiger partial charge in [0.1, 0.15) is 0 Å². The molecule has 1 aliphatic heterocycles. The molecule has 18 heavy (non-hydrogen) atoms. The van der Waals surface area contributed by atoms with Gasteiger partial charge in [-0.3, -0.25) is 4.79 Å². The monoisotopic (exact) mass is 256 g/mol. The topological polar surface area (TPSA) is 87.7 Å². The maximum Gasteiger partial charge on any atom is 0.315 e. The average Bonchev–Trinajstić information content (AvgIpc) is 2.28. The van der Waals surface area contributed by atoms with Crippen LogP contribution in [0.5, 0.6) is 0 Å². The molecule has 0 aromatic carbocycles. The highest BCUT2D eigenvalue weighted by Crippen LogP contribution is 2.40. The van der Waals surface area contributed by atoms with Crippen molar-refractivity contribution in [3.8, 4) is 0 Å². The molecule has 0 bridgehead atoms. The summed E-state index contributed by atoms with van der Waals surface area (Å²) in [7, 11) is 0. The van der Waals surface area contributed by atoms with Crippen LogP contribution in [0.25, 0.3) is 0 Å². The van der Waals surface area contributed by atoms with Gasteiger partial charge >= 0.3 is 12.0 Å². The molecule has 2 amide bonds. The lowest BCUT2D eigenvalue weighted by Crippen LogP contribution is -2.51. The predicted octanol–water partition coefficient (Wildman–Crippen LogP) is 0.719. The molecule has 1 saturated heterocycles. The van der Waals surface area contributed by atoms with Crippen molar-refractivity contribution >= 4 is 12.0 Å². The maximum atomic E-state index is 11.7. The van der Waals surface area contributed by atoms with Crippen LogP contribution in [-0.4, -0.2) is 42.9 Å². The Kier molecular flexibility index (Phi) is 4.06. The number of urea groups is 1. The SMILES string of the molecule is O=C(NCC1(C(=O)O)CCC1)NC1CCOCC1. The Morgan fingerprint density at radius 3 is 2.44 bits per heavy atom. The van der Waals surface area contributed by atoms with E-state index in [-0.39, 0.29) is 18.6 Å². The summed E-state index contributed by atoms with van der Waals surface area (Å²) < 4.78 is 5.20. The van der Waals surface area contributed by atoms with Gasteiger partial charge in [0.05, 0.1) is 5.41 Å². The van der Waals surface area contributed by atoms with Crippen molar-refractivity contribution in [2.24, 2.45) is 5.41 Å². The minimum atomic E-state index is -0.805. The summed E-state index contributed by atoms with van der Waals surface area (Å²) in [5.74, 6) is -0.805. The van der Waals surface area contributed by atoms with Gasteiger partial charge in [-0.05, 0) is 25.7 Å². The van der Waals surface area contributed by atoms with E-state index >= 15 is 0 Å². The van der Waals surface area contributed by atoms with Gasteiger partial charge in [0.15, 0.2) is 0 Å². The third kappa shape index (κ3) is 2.93. The first-order valence-electron chi connectivity index (χ1n) is 6.48. The highest BCUT2D eigenvalue weighted by atomic mass is 16.5. The molecule has 1 aliphatic carbocycles. The number of hydrogen-bond donors (Lipinski definition) is 3. The number of nitrogens with one attached hydrogen (secondary N) is 2. The number of carbonyl (C=O) groups excluding carboxylic acids is 1. The van der Waals surface area contributed by atoms with Gasteiger partial charge in [-0.15, -0.1) is 0 Å². The van der Waals surface area contributed by atoms with Gasteiger partial charge in [-0.1, -0.05) is 6.42 Å². The van der Waals surface area contributed by atoms with Gasteiger partial charge in [0, 0.05) is 25.8 Å². The number of hydrogen-bond acceptors (Lipinski definition) is 3. The predicted molar refractivity (Wildman–Crippen MR) is 64.3 cm³/mol. The maximum absolute atomic E-state index is 11.7. The van der Waals surface area contributed by atoms with Crippen molar-refractivity contribution in [1.29, 1.82) is 0 Å². The molecule has 2 aliphatic rings. The minimum absolute atomic E-state index is 0.140. The van der Waals surface area contributed by atoms with E-state index < -0.39 is 11.4 Å². The largest absolute Gasteiger partial charge is 0.481 e. The molecule has 0 spiro atoms. The summed E-state index contributed by atoms with van der Waals surface area (Å²) in [5.41, 5.74) is -0.729. The van der Waals surface area contributed by atoms with E-state index in [0.717, 1.165) is 19.3 Å². The second kappa shape index (κ2) is 5.56. The Bertz CT molecular complexity index is 322. The standard InChI is InChI=1S/C12H20N2O4/c15-10(16)12(4-1-5-12)8-13-11(17)14-9-2-6-18-7-3-9/h9H,1-8H2,(H,15,16)(H2,13,14,17). The molecule has 6 heteroatoms. The molecule has 0 aromatic rings. The molecule has 6 nitrogen and oxygen atoms in total. The fourth-order valence-corrected chi connectivity index (χ4v) is 2.40. The molecule has 1 heterocycles. The summed E-state index contributed by atoms with van der Waals surface area (Å²) in [5, 5.41) is 14.7. The molecular weight excluding hydrogens is 236 g/mol. The van der Waals surface area contributed by atoms with Crippen LogP contribution in [0, 0.1) is 5.41 Å². The van der Waals surface area contributed by atoms with Crippen molar-refractivity contribution in [1.82, 2.24) is 10.6 Å². The highest BCUT2D eigenvalue weighted by molar-refractivity contribution is 5.78. The van der Waals surface area contributed by atoms with Crippen molar-refractivity contribution < 1.29 is 19.4 Å². The number of carboxylic acids is 1. The lowest BCUT2D eigenvalue weighted by atomic mass is 9.69. The van der Waals surface area contributed by atoms with Crippen LogP contribution < -0.4 is 10.6 Å². The van der Waals surface area contributed by atoms with Crippen LogP contribution in [0.4, 0.5) is 4.79 Å². The van der Waals surface area contributed by atoms with Crippen LogP contribution >= 0.6 is 0 Å². The van der Waals surface area contributed by atoms with Crippen LogP contribution in [0.3, 0.4) is 0 Å². The van der Waals surface area contributed by atoms with Crippen LogP contribution in [0.1, 0.15) is 32.1 Å². The Labute approximate surface area is 106 Å². The van der Waals surface area contributed by atoms with E-state index in [1.54, 1.807) is 0 Å². The summed E-state index contributed by atoms with van der Waals surface area (Å²) in [6.07, 6.45) is 3.87. The van der Waals surface area contributed by atoms with E-state index in [2.05, 4.69) is 10.6 Å². The van der Waals surface area contributed by atoms with Crippen molar-refractivity contribution in [3.05, 3.63) is 0 Å². The Hall–Kier alpha value is -1.30. The normalized spacial score (nSPS) is 22.9. The zero-order valence-electron chi connectivity index (χ0n) is 10.4. The molecular formula is C12H20N2O4. The van der Waals surface area contributed by atoms with Crippen LogP contribution in [0.15, 0.2) is 0 Å². The molecule has 2 rings (SSSR count). The van der Waals surface area contributed by atoms with Gasteiger partial charge in [-0.25, -0.2) is 4.79 Å². The fourth-order valence-electron chi connectivity index (χ4n) is 2.40. The molecule has 0 atom stereocenters. The molecule has 3 N–H and O–H groups in total. The smallest absolute Gasteiger partial charge is 0.315 e. The highest BCUT2D eigenvalue weighted by Gasteiger charge is 2.44. The lowest BCUT2D eigenvalue weighted by Gasteiger charge is -2.37. The van der Waals surface area contributed by atoms with E-state index in [4.69, 9.17) is 9.84 Å². The van der Waals surface area contributed by atoms with Crippen LogP contribution in [-0.2, 0) is 9.53 Å². The first-order chi connectivity index (χ1) is 8.62. The number of ether oxygens (including phenoxy) is 1. The average molecular weight is 256 g/mol. The van der Waals surface area contributed by atoms with Crippen molar-refractivity contribution in [2.45, 2.75) is 38.1 Å². The van der Waals surface area contributed by atoms with Crippen molar-refractivity contribution in [3.63, 3.8) is 0 Å². The molecule has 2 fully saturated rings. The fraction of sp³-hybridized carbons (Fsp3) is 0.833. The first kappa shape index (κ1) is 13.1. The number of rotatable bonds is 4. The van der Waals surface area contributed by atoms with E-state index in [1.807, 2.05) is 0 Å². The molecule has 0 aromatic heterocycles. The minimum Gasteiger partial charge on any atom is -0.481 e. The lowest BCUT2D eigenvalue weighted by molar-refractivity contribution is -0.153. The number of aliphatic carboxylic acids is 1. The van der Waals surface area contributed by atoms with Gasteiger partial charge in [-0.2, -0.15) is 0 Å². The van der Waals surface area contributed by atoms with Gasteiger partial charge < -0.3 is 20.5 Å². The quantitative estimate of drug-likeness (QED) is 0.691. The zero-order valence-corrected chi connectivity index (χ0v) is 10.4. The van der Waals surface area contributed by atoms with Crippen LogP contribution in [0.2, 0.25) is 0 Å².